The third-order valence-electron chi connectivity index (χ3n) is 3.88. The fourth-order valence-corrected chi connectivity index (χ4v) is 4.42. The molecule has 0 spiro atoms. The van der Waals surface area contributed by atoms with Crippen molar-refractivity contribution in [3.63, 3.8) is 0 Å². The molecule has 3 unspecified atom stereocenters. The zero-order valence-corrected chi connectivity index (χ0v) is 13.5. The molecule has 1 heterocycles. The summed E-state index contributed by atoms with van der Waals surface area (Å²) in [4.78, 5) is 0. The van der Waals surface area contributed by atoms with Crippen LogP contribution in [0.5, 0.6) is 0 Å². The van der Waals surface area contributed by atoms with Gasteiger partial charge in [0.25, 0.3) is 0 Å². The summed E-state index contributed by atoms with van der Waals surface area (Å²) in [5, 5.41) is 3.31. The van der Waals surface area contributed by atoms with Gasteiger partial charge in [0.05, 0.1) is 6.61 Å². The first kappa shape index (κ1) is 15.7. The van der Waals surface area contributed by atoms with Gasteiger partial charge in [0.1, 0.15) is 0 Å². The summed E-state index contributed by atoms with van der Waals surface area (Å²) < 4.78 is 17.8. The van der Waals surface area contributed by atoms with E-state index in [1.807, 2.05) is 7.05 Å². The van der Waals surface area contributed by atoms with E-state index in [4.69, 9.17) is 4.74 Å². The van der Waals surface area contributed by atoms with Crippen molar-refractivity contribution in [3.05, 3.63) is 34.9 Å². The highest BCUT2D eigenvalue weighted by atomic mass is 32.2. The maximum atomic E-state index is 12.4. The Kier molecular flexibility index (Phi) is 5.75. The molecule has 1 saturated heterocycles. The Bertz CT molecular complexity index is 449. The van der Waals surface area contributed by atoms with Crippen LogP contribution in [0.1, 0.15) is 23.1 Å². The summed E-state index contributed by atoms with van der Waals surface area (Å²) in [7, 11) is 1.12. The molecule has 0 bridgehead atoms. The molecule has 1 aliphatic heterocycles. The highest BCUT2D eigenvalue weighted by Gasteiger charge is 2.26. The smallest absolute Gasteiger partial charge is 0.0510 e. The van der Waals surface area contributed by atoms with Crippen molar-refractivity contribution < 1.29 is 8.95 Å². The minimum absolute atomic E-state index is 0.296. The second kappa shape index (κ2) is 7.34. The first-order valence-corrected chi connectivity index (χ1v) is 8.74. The van der Waals surface area contributed by atoms with Crippen LogP contribution < -0.4 is 5.32 Å². The molecule has 0 aromatic heterocycles. The molecule has 4 heteroatoms. The topological polar surface area (TPSA) is 38.3 Å². The van der Waals surface area contributed by atoms with E-state index in [0.29, 0.717) is 23.5 Å². The highest BCUT2D eigenvalue weighted by molar-refractivity contribution is 7.84. The molecule has 3 nitrogen and oxygen atoms in total. The van der Waals surface area contributed by atoms with E-state index < -0.39 is 10.8 Å². The van der Waals surface area contributed by atoms with Gasteiger partial charge in [0.15, 0.2) is 0 Å². The van der Waals surface area contributed by atoms with Crippen molar-refractivity contribution in [1.82, 2.24) is 5.32 Å². The number of hydrogen-bond acceptors (Lipinski definition) is 3. The zero-order chi connectivity index (χ0) is 14.5. The molecule has 1 aromatic rings. The van der Waals surface area contributed by atoms with Crippen LogP contribution in [-0.4, -0.2) is 36.3 Å². The minimum atomic E-state index is -0.832. The number of aryl methyl sites for hydroxylation is 2. The predicted molar refractivity (Wildman–Crippen MR) is 84.4 cm³/mol. The summed E-state index contributed by atoms with van der Waals surface area (Å²) in [6.45, 7) is 5.82. The van der Waals surface area contributed by atoms with Crippen molar-refractivity contribution >= 4 is 10.8 Å². The molecule has 0 radical (unpaired) electrons. The Morgan fingerprint density at radius 2 is 2.05 bits per heavy atom. The molecule has 112 valence electrons. The van der Waals surface area contributed by atoms with Gasteiger partial charge in [-0.25, -0.2) is 0 Å². The van der Waals surface area contributed by atoms with Crippen LogP contribution in [0, 0.1) is 19.8 Å². The molecule has 20 heavy (non-hydrogen) atoms. The molecule has 0 amide bonds. The van der Waals surface area contributed by atoms with Crippen molar-refractivity contribution in [2.24, 2.45) is 5.92 Å². The van der Waals surface area contributed by atoms with E-state index in [-0.39, 0.29) is 0 Å². The van der Waals surface area contributed by atoms with Gasteiger partial charge in [-0.2, -0.15) is 0 Å². The normalized spacial score (nSPS) is 21.9. The van der Waals surface area contributed by atoms with Crippen LogP contribution in [0.15, 0.2) is 18.2 Å². The number of hydrogen-bond donors (Lipinski definition) is 1. The van der Waals surface area contributed by atoms with Crippen LogP contribution >= 0.6 is 0 Å². The lowest BCUT2D eigenvalue weighted by atomic mass is 10.0. The standard InChI is InChI=1S/C16H25NO2S/c1-12-6-13(2)8-14(7-12)10-20(18)11-16(17-3)15-4-5-19-9-15/h6-8,15-17H,4-5,9-11H2,1-3H3. The van der Waals surface area contributed by atoms with Gasteiger partial charge in [-0.3, -0.25) is 4.21 Å². The van der Waals surface area contributed by atoms with Crippen molar-refractivity contribution in [2.45, 2.75) is 32.1 Å². The average molecular weight is 295 g/mol. The third-order valence-corrected chi connectivity index (χ3v) is 5.27. The lowest BCUT2D eigenvalue weighted by Gasteiger charge is -2.21. The molecule has 1 fully saturated rings. The van der Waals surface area contributed by atoms with Gasteiger partial charge in [0.2, 0.25) is 0 Å². The molecule has 1 aromatic carbocycles. The van der Waals surface area contributed by atoms with Crippen molar-refractivity contribution in [2.75, 3.05) is 26.0 Å². The van der Waals surface area contributed by atoms with E-state index in [1.54, 1.807) is 0 Å². The Balaban J connectivity index is 1.93. The summed E-state index contributed by atoms with van der Waals surface area (Å²) in [6.07, 6.45) is 1.08. The largest absolute Gasteiger partial charge is 0.381 e. The summed E-state index contributed by atoms with van der Waals surface area (Å²) in [5.74, 6) is 1.86. The molecule has 1 aliphatic rings. The Morgan fingerprint density at radius 3 is 2.60 bits per heavy atom. The van der Waals surface area contributed by atoms with Crippen molar-refractivity contribution in [1.29, 1.82) is 0 Å². The predicted octanol–water partition coefficient (Wildman–Crippen LogP) is 2.18. The highest BCUT2D eigenvalue weighted by Crippen LogP contribution is 2.18. The number of ether oxygens (including phenoxy) is 1. The second-order valence-electron chi connectivity index (χ2n) is 5.77. The van der Waals surface area contributed by atoms with E-state index in [9.17, 15) is 4.21 Å². The number of nitrogens with one attached hydrogen (secondary N) is 1. The molecule has 3 atom stereocenters. The van der Waals surface area contributed by atoms with Crippen LogP contribution in [0.4, 0.5) is 0 Å². The zero-order valence-electron chi connectivity index (χ0n) is 12.6. The summed E-state index contributed by atoms with van der Waals surface area (Å²) in [6, 6.07) is 6.72. The summed E-state index contributed by atoms with van der Waals surface area (Å²) in [5.41, 5.74) is 3.66. The van der Waals surface area contributed by atoms with Crippen molar-refractivity contribution in [3.8, 4) is 0 Å². The minimum Gasteiger partial charge on any atom is -0.381 e. The average Bonchev–Trinajstić information content (AvgIpc) is 2.88. The third kappa shape index (κ3) is 4.40. The number of benzene rings is 1. The molecule has 0 saturated carbocycles. The van der Waals surface area contributed by atoms with Crippen LogP contribution in [0.2, 0.25) is 0 Å². The fraction of sp³-hybridized carbons (Fsp3) is 0.625. The maximum absolute atomic E-state index is 12.4. The molecular formula is C16H25NO2S. The molecular weight excluding hydrogens is 270 g/mol. The van der Waals surface area contributed by atoms with Gasteiger partial charge < -0.3 is 10.1 Å². The summed E-state index contributed by atoms with van der Waals surface area (Å²) >= 11 is 0. The van der Waals surface area contributed by atoms with Gasteiger partial charge in [0, 0.05) is 40.9 Å². The number of rotatable bonds is 6. The molecule has 1 N–H and O–H groups in total. The first-order valence-electron chi connectivity index (χ1n) is 7.25. The van der Waals surface area contributed by atoms with E-state index >= 15 is 0 Å². The monoisotopic (exact) mass is 295 g/mol. The quantitative estimate of drug-likeness (QED) is 0.874. The molecule has 2 rings (SSSR count). The van der Waals surface area contributed by atoms with Gasteiger partial charge >= 0.3 is 0 Å². The van der Waals surface area contributed by atoms with E-state index in [2.05, 4.69) is 37.4 Å². The van der Waals surface area contributed by atoms with Gasteiger partial charge in [-0.15, -0.1) is 0 Å². The Labute approximate surface area is 124 Å². The Hall–Kier alpha value is -0.710. The van der Waals surface area contributed by atoms with Gasteiger partial charge in [-0.05, 0) is 32.9 Å². The van der Waals surface area contributed by atoms with Crippen LogP contribution in [0.3, 0.4) is 0 Å². The fourth-order valence-electron chi connectivity index (χ4n) is 2.92. The van der Waals surface area contributed by atoms with E-state index in [1.165, 1.54) is 16.7 Å². The lowest BCUT2D eigenvalue weighted by molar-refractivity contribution is 0.179. The van der Waals surface area contributed by atoms with Crippen LogP contribution in [0.25, 0.3) is 0 Å². The van der Waals surface area contributed by atoms with E-state index in [0.717, 1.165) is 19.6 Å². The lowest BCUT2D eigenvalue weighted by Crippen LogP contribution is -2.38. The second-order valence-corrected chi connectivity index (χ2v) is 7.27. The maximum Gasteiger partial charge on any atom is 0.0510 e. The first-order chi connectivity index (χ1) is 9.58. The Morgan fingerprint density at radius 1 is 1.35 bits per heavy atom. The SMILES string of the molecule is CNC(CS(=O)Cc1cc(C)cc(C)c1)C1CCOC1. The molecule has 0 aliphatic carbocycles. The van der Waals surface area contributed by atoms with Gasteiger partial charge in [-0.1, -0.05) is 29.3 Å². The van der Waals surface area contributed by atoms with Crippen LogP contribution in [-0.2, 0) is 21.3 Å².